The van der Waals surface area contributed by atoms with Crippen LogP contribution in [0.1, 0.15) is 27.0 Å². The molecule has 212 valence electrons. The fourth-order valence-electron chi connectivity index (χ4n) is 4.54. The van der Waals surface area contributed by atoms with E-state index in [9.17, 15) is 24.9 Å². The molecule has 8 heteroatoms. The second-order valence-corrected chi connectivity index (χ2v) is 9.80. The molecule has 0 fully saturated rings. The van der Waals surface area contributed by atoms with Crippen molar-refractivity contribution in [1.82, 2.24) is 10.6 Å². The summed E-state index contributed by atoms with van der Waals surface area (Å²) in [6, 6.07) is 31.7. The first kappa shape index (κ1) is 29.3. The molecule has 0 aliphatic carbocycles. The Balaban J connectivity index is 1.54. The van der Waals surface area contributed by atoms with Gasteiger partial charge in [0.2, 0.25) is 0 Å². The molecular formula is C33H34N2O6. The Morgan fingerprint density at radius 1 is 0.634 bits per heavy atom. The number of hydrogen-bond donors (Lipinski definition) is 5. The maximum absolute atomic E-state index is 13.1. The zero-order valence-corrected chi connectivity index (χ0v) is 22.5. The highest BCUT2D eigenvalue weighted by molar-refractivity contribution is 5.94. The summed E-state index contributed by atoms with van der Waals surface area (Å²) in [7, 11) is 0. The van der Waals surface area contributed by atoms with Crippen LogP contribution in [0.4, 0.5) is 4.79 Å². The van der Waals surface area contributed by atoms with Crippen molar-refractivity contribution in [3.63, 3.8) is 0 Å². The van der Waals surface area contributed by atoms with E-state index < -0.39 is 36.3 Å². The van der Waals surface area contributed by atoms with Crippen molar-refractivity contribution >= 4 is 12.0 Å². The summed E-state index contributed by atoms with van der Waals surface area (Å²) in [4.78, 5) is 25.9. The molecule has 8 nitrogen and oxygen atoms in total. The van der Waals surface area contributed by atoms with Gasteiger partial charge in [0.25, 0.3) is 5.91 Å². The zero-order valence-electron chi connectivity index (χ0n) is 22.5. The highest BCUT2D eigenvalue weighted by Crippen LogP contribution is 2.17. The van der Waals surface area contributed by atoms with Gasteiger partial charge in [0.05, 0.1) is 12.1 Å². The number of phenols is 1. The van der Waals surface area contributed by atoms with Crippen molar-refractivity contribution in [1.29, 1.82) is 0 Å². The summed E-state index contributed by atoms with van der Waals surface area (Å²) in [6.07, 6.45) is -3.28. The Labute approximate surface area is 239 Å². The number of aliphatic hydroxyl groups is 2. The highest BCUT2D eigenvalue weighted by atomic mass is 16.5. The van der Waals surface area contributed by atoms with Crippen molar-refractivity contribution in [2.24, 2.45) is 0 Å². The SMILES string of the molecule is O=C(N[C@@H](Cc1ccccc1)[C@H](O)[C@H](O)[C@H](Cc1ccccc1)NC(=O)c1cccc(O)c1)OCc1ccccc1. The van der Waals surface area contributed by atoms with Gasteiger partial charge in [0.15, 0.2) is 0 Å². The number of benzene rings is 4. The summed E-state index contributed by atoms with van der Waals surface area (Å²) >= 11 is 0. The largest absolute Gasteiger partial charge is 0.508 e. The second-order valence-electron chi connectivity index (χ2n) is 9.80. The summed E-state index contributed by atoms with van der Waals surface area (Å²) < 4.78 is 5.38. The number of carbonyl (C=O) groups excluding carboxylic acids is 2. The normalized spacial score (nSPS) is 13.8. The lowest BCUT2D eigenvalue weighted by molar-refractivity contribution is -0.0230. The summed E-state index contributed by atoms with van der Waals surface area (Å²) in [5, 5.41) is 38.2. The lowest BCUT2D eigenvalue weighted by Gasteiger charge is -2.33. The average molecular weight is 555 g/mol. The maximum atomic E-state index is 13.1. The van der Waals surface area contributed by atoms with Crippen LogP contribution < -0.4 is 10.6 Å². The van der Waals surface area contributed by atoms with Gasteiger partial charge < -0.3 is 30.7 Å². The van der Waals surface area contributed by atoms with Crippen LogP contribution in [0.2, 0.25) is 0 Å². The minimum Gasteiger partial charge on any atom is -0.508 e. The number of aromatic hydroxyl groups is 1. The second kappa shape index (κ2) is 14.6. The van der Waals surface area contributed by atoms with Crippen molar-refractivity contribution in [3.05, 3.63) is 138 Å². The number of phenolic OH excluding ortho intramolecular Hbond substituents is 1. The van der Waals surface area contributed by atoms with E-state index in [0.29, 0.717) is 0 Å². The fraction of sp³-hybridized carbons (Fsp3) is 0.212. The molecule has 2 amide bonds. The Bertz CT molecular complexity index is 1380. The quantitative estimate of drug-likeness (QED) is 0.180. The first-order chi connectivity index (χ1) is 19.9. The van der Waals surface area contributed by atoms with E-state index >= 15 is 0 Å². The minimum atomic E-state index is -1.47. The van der Waals surface area contributed by atoms with Crippen LogP contribution in [-0.4, -0.2) is 51.6 Å². The van der Waals surface area contributed by atoms with Gasteiger partial charge in [0.1, 0.15) is 24.6 Å². The van der Waals surface area contributed by atoms with Crippen molar-refractivity contribution < 1.29 is 29.6 Å². The number of nitrogens with one attached hydrogen (secondary N) is 2. The number of hydrogen-bond acceptors (Lipinski definition) is 6. The van der Waals surface area contributed by atoms with Gasteiger partial charge in [-0.2, -0.15) is 0 Å². The molecule has 0 bridgehead atoms. The van der Waals surface area contributed by atoms with E-state index in [-0.39, 0.29) is 30.8 Å². The van der Waals surface area contributed by atoms with Crippen molar-refractivity contribution in [3.8, 4) is 5.75 Å². The van der Waals surface area contributed by atoms with Crippen LogP contribution in [0.5, 0.6) is 5.75 Å². The molecule has 0 aliphatic rings. The molecule has 0 aliphatic heterocycles. The third-order valence-corrected chi connectivity index (χ3v) is 6.71. The Hall–Kier alpha value is -4.66. The summed E-state index contributed by atoms with van der Waals surface area (Å²) in [6.45, 7) is 0.0417. The summed E-state index contributed by atoms with van der Waals surface area (Å²) in [5.41, 5.74) is 2.67. The van der Waals surface area contributed by atoms with E-state index in [1.54, 1.807) is 12.1 Å². The van der Waals surface area contributed by atoms with Crippen LogP contribution >= 0.6 is 0 Å². The lowest BCUT2D eigenvalue weighted by Crippen LogP contribution is -2.57. The molecule has 0 saturated heterocycles. The predicted molar refractivity (Wildman–Crippen MR) is 155 cm³/mol. The van der Waals surface area contributed by atoms with Crippen molar-refractivity contribution in [2.75, 3.05) is 0 Å². The van der Waals surface area contributed by atoms with Crippen molar-refractivity contribution in [2.45, 2.75) is 43.7 Å². The van der Waals surface area contributed by atoms with Gasteiger partial charge in [-0.05, 0) is 47.7 Å². The molecule has 5 N–H and O–H groups in total. The molecule has 41 heavy (non-hydrogen) atoms. The van der Waals surface area contributed by atoms with Crippen LogP contribution in [0.25, 0.3) is 0 Å². The Kier molecular flexibility index (Phi) is 10.5. The third kappa shape index (κ3) is 8.93. The molecule has 0 heterocycles. The van der Waals surface area contributed by atoms with E-state index in [1.165, 1.54) is 12.1 Å². The van der Waals surface area contributed by atoms with Crippen LogP contribution in [0.15, 0.2) is 115 Å². The molecular weight excluding hydrogens is 520 g/mol. The fourth-order valence-corrected chi connectivity index (χ4v) is 4.54. The number of alkyl carbamates (subject to hydrolysis) is 1. The third-order valence-electron chi connectivity index (χ3n) is 6.71. The highest BCUT2D eigenvalue weighted by Gasteiger charge is 2.35. The molecule has 4 rings (SSSR count). The first-order valence-electron chi connectivity index (χ1n) is 13.4. The van der Waals surface area contributed by atoms with Gasteiger partial charge in [-0.25, -0.2) is 4.79 Å². The molecule has 0 unspecified atom stereocenters. The van der Waals surface area contributed by atoms with Crippen LogP contribution in [0, 0.1) is 0 Å². The van der Waals surface area contributed by atoms with Gasteiger partial charge in [-0.3, -0.25) is 4.79 Å². The lowest BCUT2D eigenvalue weighted by atomic mass is 9.91. The molecule has 4 atom stereocenters. The zero-order chi connectivity index (χ0) is 29.0. The molecule has 4 aromatic rings. The van der Waals surface area contributed by atoms with E-state index in [1.807, 2.05) is 91.0 Å². The molecule has 4 aromatic carbocycles. The number of ether oxygens (including phenoxy) is 1. The van der Waals surface area contributed by atoms with Gasteiger partial charge in [-0.1, -0.05) is 97.1 Å². The molecule has 0 saturated carbocycles. The summed E-state index contributed by atoms with van der Waals surface area (Å²) in [5.74, 6) is -0.595. The Morgan fingerprint density at radius 3 is 1.63 bits per heavy atom. The molecule has 0 radical (unpaired) electrons. The monoisotopic (exact) mass is 554 g/mol. The van der Waals surface area contributed by atoms with Crippen LogP contribution in [-0.2, 0) is 24.2 Å². The number of carbonyl (C=O) groups is 2. The predicted octanol–water partition coefficient (Wildman–Crippen LogP) is 3.99. The number of aliphatic hydroxyl groups excluding tert-OH is 2. The number of amides is 2. The van der Waals surface area contributed by atoms with Gasteiger partial charge >= 0.3 is 6.09 Å². The molecule has 0 aromatic heterocycles. The van der Waals surface area contributed by atoms with Gasteiger partial charge in [-0.15, -0.1) is 0 Å². The minimum absolute atomic E-state index is 0.0417. The average Bonchev–Trinajstić information content (AvgIpc) is 3.00. The van der Waals surface area contributed by atoms with E-state index in [2.05, 4.69) is 10.6 Å². The van der Waals surface area contributed by atoms with E-state index in [0.717, 1.165) is 16.7 Å². The first-order valence-corrected chi connectivity index (χ1v) is 13.4. The van der Waals surface area contributed by atoms with E-state index in [4.69, 9.17) is 4.74 Å². The smallest absolute Gasteiger partial charge is 0.407 e. The van der Waals surface area contributed by atoms with Gasteiger partial charge in [0, 0.05) is 5.56 Å². The standard InChI is InChI=1S/C33H34N2O6/c36-27-18-10-17-26(21-27)32(39)34-28(19-23-11-4-1-5-12-23)30(37)31(38)29(20-24-13-6-2-7-14-24)35-33(40)41-22-25-15-8-3-9-16-25/h1-18,21,28-31,36-38H,19-20,22H2,(H,34,39)(H,35,40)/t28-,29-,30+,31-/m0/s1. The van der Waals surface area contributed by atoms with Crippen LogP contribution in [0.3, 0.4) is 0 Å². The maximum Gasteiger partial charge on any atom is 0.407 e. The molecule has 0 spiro atoms. The topological polar surface area (TPSA) is 128 Å². The number of rotatable bonds is 12. The Morgan fingerprint density at radius 2 is 1.12 bits per heavy atom.